The van der Waals surface area contributed by atoms with Gasteiger partial charge in [-0.3, -0.25) is 10.1 Å². The molecule has 0 atom stereocenters. The van der Waals surface area contributed by atoms with E-state index >= 15 is 0 Å². The fourth-order valence-electron chi connectivity index (χ4n) is 2.04. The third kappa shape index (κ3) is 2.42. The summed E-state index contributed by atoms with van der Waals surface area (Å²) in [5.74, 6) is 0. The number of benzene rings is 1. The van der Waals surface area contributed by atoms with Crippen molar-refractivity contribution in [1.82, 2.24) is 9.78 Å². The molecule has 7 nitrogen and oxygen atoms in total. The van der Waals surface area contributed by atoms with E-state index in [1.54, 1.807) is 19.9 Å². The third-order valence-corrected chi connectivity index (χ3v) is 3.93. The molecule has 0 fully saturated rings. The van der Waals surface area contributed by atoms with Crippen molar-refractivity contribution in [3.63, 3.8) is 0 Å². The predicted molar refractivity (Wildman–Crippen MR) is 72.8 cm³/mol. The van der Waals surface area contributed by atoms with Crippen LogP contribution in [0.4, 0.5) is 5.69 Å². The van der Waals surface area contributed by atoms with Gasteiger partial charge in [0, 0.05) is 11.9 Å². The molecule has 0 N–H and O–H groups in total. The van der Waals surface area contributed by atoms with Gasteiger partial charge in [0.1, 0.15) is 10.6 Å². The largest absolute Gasteiger partial charge is 0.313 e. The number of aryl methyl sites for hydroxylation is 2. The fraction of sp³-hybridized carbons (Fsp3) is 0.250. The minimum atomic E-state index is -3.70. The van der Waals surface area contributed by atoms with E-state index in [1.807, 2.05) is 0 Å². The van der Waals surface area contributed by atoms with Gasteiger partial charge in [-0.05, 0) is 32.0 Å². The van der Waals surface area contributed by atoms with Crippen molar-refractivity contribution in [3.8, 4) is 5.69 Å². The number of aromatic nitrogens is 2. The molecule has 0 amide bonds. The zero-order valence-electron chi connectivity index (χ0n) is 11.2. The quantitative estimate of drug-likeness (QED) is 0.635. The fourth-order valence-corrected chi connectivity index (χ4v) is 2.89. The second-order valence-corrected chi connectivity index (χ2v) is 6.48. The van der Waals surface area contributed by atoms with Crippen LogP contribution >= 0.6 is 0 Å². The zero-order valence-corrected chi connectivity index (χ0v) is 12.0. The maximum atomic E-state index is 11.7. The zero-order chi connectivity index (χ0) is 15.1. The summed E-state index contributed by atoms with van der Waals surface area (Å²) in [6, 6.07) is 5.93. The molecule has 0 bridgehead atoms. The van der Waals surface area contributed by atoms with Crippen LogP contribution in [0.2, 0.25) is 0 Å². The summed E-state index contributed by atoms with van der Waals surface area (Å²) < 4.78 is 24.8. The highest BCUT2D eigenvalue weighted by Crippen LogP contribution is 2.31. The number of para-hydroxylation sites is 1. The van der Waals surface area contributed by atoms with Crippen molar-refractivity contribution in [1.29, 1.82) is 0 Å². The van der Waals surface area contributed by atoms with Crippen molar-refractivity contribution >= 4 is 15.5 Å². The van der Waals surface area contributed by atoms with Crippen LogP contribution in [0.3, 0.4) is 0 Å². The SMILES string of the molecule is Cc1cc(C)n(-c2cccc(S(C)(=O)=O)c2[N+](=O)[O-])n1. The number of sulfone groups is 1. The second-order valence-electron chi connectivity index (χ2n) is 4.49. The van der Waals surface area contributed by atoms with E-state index in [-0.39, 0.29) is 10.6 Å². The Balaban J connectivity index is 2.85. The molecule has 0 aliphatic rings. The van der Waals surface area contributed by atoms with Crippen LogP contribution in [0.25, 0.3) is 5.69 Å². The average Bonchev–Trinajstić information content (AvgIpc) is 2.66. The van der Waals surface area contributed by atoms with Gasteiger partial charge in [-0.15, -0.1) is 0 Å². The maximum Gasteiger partial charge on any atom is 0.313 e. The first-order valence-corrected chi connectivity index (χ1v) is 7.62. The van der Waals surface area contributed by atoms with Crippen molar-refractivity contribution in [2.45, 2.75) is 18.7 Å². The molecule has 0 saturated carbocycles. The van der Waals surface area contributed by atoms with Gasteiger partial charge in [0.2, 0.25) is 0 Å². The molecule has 106 valence electrons. The highest BCUT2D eigenvalue weighted by atomic mass is 32.2. The first-order valence-electron chi connectivity index (χ1n) is 5.73. The van der Waals surface area contributed by atoms with Crippen LogP contribution in [0.15, 0.2) is 29.2 Å². The first kappa shape index (κ1) is 14.2. The van der Waals surface area contributed by atoms with Gasteiger partial charge in [0.05, 0.1) is 10.6 Å². The maximum absolute atomic E-state index is 11.7. The van der Waals surface area contributed by atoms with Gasteiger partial charge in [-0.1, -0.05) is 6.07 Å². The van der Waals surface area contributed by atoms with Crippen LogP contribution in [-0.4, -0.2) is 29.4 Å². The molecule has 0 aliphatic heterocycles. The lowest BCUT2D eigenvalue weighted by atomic mass is 10.2. The molecule has 2 aromatic rings. The van der Waals surface area contributed by atoms with Crippen LogP contribution in [0.1, 0.15) is 11.4 Å². The molecule has 1 aromatic heterocycles. The van der Waals surface area contributed by atoms with Crippen molar-refractivity contribution in [3.05, 3.63) is 45.8 Å². The van der Waals surface area contributed by atoms with Gasteiger partial charge < -0.3 is 0 Å². The van der Waals surface area contributed by atoms with E-state index in [4.69, 9.17) is 0 Å². The van der Waals surface area contributed by atoms with Gasteiger partial charge in [-0.2, -0.15) is 5.10 Å². The molecule has 0 unspecified atom stereocenters. The molecule has 0 saturated heterocycles. The topological polar surface area (TPSA) is 95.1 Å². The molecule has 1 heterocycles. The molecule has 0 spiro atoms. The summed E-state index contributed by atoms with van der Waals surface area (Å²) in [4.78, 5) is 10.3. The minimum absolute atomic E-state index is 0.142. The number of nitro groups is 1. The summed E-state index contributed by atoms with van der Waals surface area (Å²) in [6.07, 6.45) is 0.945. The Morgan fingerprint density at radius 3 is 2.40 bits per heavy atom. The third-order valence-electron chi connectivity index (χ3n) is 2.80. The Morgan fingerprint density at radius 2 is 1.95 bits per heavy atom. The second kappa shape index (κ2) is 4.71. The van der Waals surface area contributed by atoms with Crippen LogP contribution in [0, 0.1) is 24.0 Å². The van der Waals surface area contributed by atoms with E-state index in [1.165, 1.54) is 22.9 Å². The van der Waals surface area contributed by atoms with Crippen LogP contribution in [0.5, 0.6) is 0 Å². The van der Waals surface area contributed by atoms with Gasteiger partial charge in [0.15, 0.2) is 9.84 Å². The molecule has 0 radical (unpaired) electrons. The van der Waals surface area contributed by atoms with Crippen molar-refractivity contribution in [2.24, 2.45) is 0 Å². The number of nitrogens with zero attached hydrogens (tertiary/aromatic N) is 3. The predicted octanol–water partition coefficient (Wildman–Crippen LogP) is 1.80. The standard InChI is InChI=1S/C12H13N3O4S/c1-8-7-9(2)14(13-8)10-5-4-6-11(20(3,18)19)12(10)15(16)17/h4-7H,1-3H3. The summed E-state index contributed by atoms with van der Waals surface area (Å²) in [5, 5.41) is 15.4. The molecule has 2 rings (SSSR count). The number of hydrogen-bond acceptors (Lipinski definition) is 5. The molecule has 1 aromatic carbocycles. The minimum Gasteiger partial charge on any atom is -0.258 e. The summed E-state index contributed by atoms with van der Waals surface area (Å²) in [7, 11) is -3.70. The highest BCUT2D eigenvalue weighted by molar-refractivity contribution is 7.90. The van der Waals surface area contributed by atoms with E-state index in [2.05, 4.69) is 5.10 Å². The molecular formula is C12H13N3O4S. The molecule has 8 heteroatoms. The smallest absolute Gasteiger partial charge is 0.258 e. The number of nitro benzene ring substituents is 1. The Labute approximate surface area is 115 Å². The normalized spacial score (nSPS) is 11.6. The lowest BCUT2D eigenvalue weighted by Crippen LogP contribution is -2.09. The Kier molecular flexibility index (Phi) is 3.34. The highest BCUT2D eigenvalue weighted by Gasteiger charge is 2.27. The van der Waals surface area contributed by atoms with Gasteiger partial charge in [-0.25, -0.2) is 13.1 Å². The van der Waals surface area contributed by atoms with E-state index in [9.17, 15) is 18.5 Å². The molecule has 0 aliphatic carbocycles. The van der Waals surface area contributed by atoms with Gasteiger partial charge in [0.25, 0.3) is 0 Å². The Morgan fingerprint density at radius 1 is 1.30 bits per heavy atom. The molecule has 20 heavy (non-hydrogen) atoms. The Hall–Kier alpha value is -2.22. The number of hydrogen-bond donors (Lipinski definition) is 0. The van der Waals surface area contributed by atoms with E-state index < -0.39 is 20.4 Å². The number of rotatable bonds is 3. The van der Waals surface area contributed by atoms with Crippen molar-refractivity contribution in [2.75, 3.05) is 6.26 Å². The lowest BCUT2D eigenvalue weighted by Gasteiger charge is -2.08. The summed E-state index contributed by atoms with van der Waals surface area (Å²) in [5.41, 5.74) is 1.07. The van der Waals surface area contributed by atoms with Crippen LogP contribution < -0.4 is 0 Å². The van der Waals surface area contributed by atoms with E-state index in [0.717, 1.165) is 6.26 Å². The summed E-state index contributed by atoms with van der Waals surface area (Å²) >= 11 is 0. The average molecular weight is 295 g/mol. The van der Waals surface area contributed by atoms with Crippen molar-refractivity contribution < 1.29 is 13.3 Å². The van der Waals surface area contributed by atoms with Gasteiger partial charge >= 0.3 is 5.69 Å². The lowest BCUT2D eigenvalue weighted by molar-refractivity contribution is -0.387. The molecular weight excluding hydrogens is 282 g/mol. The Bertz CT molecular complexity index is 793. The first-order chi connectivity index (χ1) is 9.21. The van der Waals surface area contributed by atoms with E-state index in [0.29, 0.717) is 11.4 Å². The monoisotopic (exact) mass is 295 g/mol. The van der Waals surface area contributed by atoms with Crippen LogP contribution in [-0.2, 0) is 9.84 Å². The summed E-state index contributed by atoms with van der Waals surface area (Å²) in [6.45, 7) is 3.51.